The number of benzene rings is 2. The third kappa shape index (κ3) is 3.84. The van der Waals surface area contributed by atoms with Crippen LogP contribution in [0.3, 0.4) is 0 Å². The Bertz CT molecular complexity index is 1180. The van der Waals surface area contributed by atoms with Crippen molar-refractivity contribution < 1.29 is 14.3 Å². The van der Waals surface area contributed by atoms with Gasteiger partial charge in [0.25, 0.3) is 0 Å². The van der Waals surface area contributed by atoms with Gasteiger partial charge < -0.3 is 14.4 Å². The number of anilines is 1. The molecule has 5 rings (SSSR count). The van der Waals surface area contributed by atoms with E-state index in [9.17, 15) is 4.79 Å². The summed E-state index contributed by atoms with van der Waals surface area (Å²) >= 11 is 0. The fourth-order valence-corrected chi connectivity index (χ4v) is 5.44. The number of carbonyl (C=O) groups excluding carboxylic acids is 1. The third-order valence-corrected chi connectivity index (χ3v) is 7.01. The number of para-hydroxylation sites is 1. The Balaban J connectivity index is 1.40. The molecule has 0 bridgehead atoms. The summed E-state index contributed by atoms with van der Waals surface area (Å²) < 4.78 is 11.8. The molecule has 1 aliphatic heterocycles. The Morgan fingerprint density at radius 2 is 1.85 bits per heavy atom. The largest absolute Gasteiger partial charge is 0.493 e. The lowest BCUT2D eigenvalue weighted by molar-refractivity contribution is 0.0901. The van der Waals surface area contributed by atoms with Crippen LogP contribution in [-0.4, -0.2) is 36.6 Å². The van der Waals surface area contributed by atoms with Gasteiger partial charge in [-0.15, -0.1) is 0 Å². The van der Waals surface area contributed by atoms with Gasteiger partial charge in [0.15, 0.2) is 17.3 Å². The molecule has 172 valence electrons. The van der Waals surface area contributed by atoms with E-state index in [0.29, 0.717) is 30.4 Å². The molecular weight excluding hydrogens is 412 g/mol. The van der Waals surface area contributed by atoms with Crippen LogP contribution < -0.4 is 14.4 Å². The smallest absolute Gasteiger partial charge is 0.190 e. The van der Waals surface area contributed by atoms with E-state index >= 15 is 0 Å². The van der Waals surface area contributed by atoms with Gasteiger partial charge in [-0.25, -0.2) is 0 Å². The molecule has 1 aromatic heterocycles. The molecule has 0 atom stereocenters. The van der Waals surface area contributed by atoms with Gasteiger partial charge in [-0.2, -0.15) is 0 Å². The average Bonchev–Trinajstić information content (AvgIpc) is 3.39. The van der Waals surface area contributed by atoms with Crippen LogP contribution in [0.2, 0.25) is 0 Å². The Hall–Kier alpha value is -3.08. The molecule has 1 saturated carbocycles. The predicted molar refractivity (Wildman–Crippen MR) is 132 cm³/mol. The van der Waals surface area contributed by atoms with Crippen molar-refractivity contribution in [1.82, 2.24) is 4.98 Å². The summed E-state index contributed by atoms with van der Waals surface area (Å²) in [6.07, 6.45) is 4.77. The minimum atomic E-state index is -0.384. The summed E-state index contributed by atoms with van der Waals surface area (Å²) in [7, 11) is 1.64. The molecule has 0 N–H and O–H groups in total. The number of carbonyl (C=O) groups is 1. The number of ether oxygens (including phenoxy) is 2. The van der Waals surface area contributed by atoms with Crippen molar-refractivity contribution in [3.63, 3.8) is 0 Å². The highest BCUT2D eigenvalue weighted by Crippen LogP contribution is 2.50. The van der Waals surface area contributed by atoms with Crippen molar-refractivity contribution in [3.05, 3.63) is 59.8 Å². The number of Topliss-reactive ketones (excluding diaryl/α,β-unsaturated/α-hetero) is 1. The summed E-state index contributed by atoms with van der Waals surface area (Å²) in [5.41, 5.74) is 3.38. The Morgan fingerprint density at radius 1 is 1.06 bits per heavy atom. The second-order valence-corrected chi connectivity index (χ2v) is 9.69. The maximum atomic E-state index is 13.6. The summed E-state index contributed by atoms with van der Waals surface area (Å²) in [4.78, 5) is 20.7. The maximum absolute atomic E-state index is 13.6. The van der Waals surface area contributed by atoms with Gasteiger partial charge in [0.2, 0.25) is 0 Å². The molecule has 0 amide bonds. The standard InChI is InChI=1S/C28H32N2O3/c1-19(2)18-30-24-17-26(25(32-3)16-22(24)27(31)28(30)13-6-7-14-28)33-15-12-21-11-10-20-8-4-5-9-23(20)29-21/h4-5,8-11,16-17,19H,6-7,12-15,18H2,1-3H3. The summed E-state index contributed by atoms with van der Waals surface area (Å²) in [6, 6.07) is 16.2. The first-order valence-corrected chi connectivity index (χ1v) is 12.0. The molecule has 1 aliphatic carbocycles. The third-order valence-electron chi connectivity index (χ3n) is 7.01. The van der Waals surface area contributed by atoms with Crippen LogP contribution in [0.1, 0.15) is 55.6 Å². The SMILES string of the molecule is COc1cc2c(cc1OCCc1ccc3ccccc3n1)N(CC(C)C)C1(CCCC1)C2=O. The van der Waals surface area contributed by atoms with Gasteiger partial charge in [-0.05, 0) is 37.0 Å². The van der Waals surface area contributed by atoms with Gasteiger partial charge in [-0.1, -0.05) is 51.0 Å². The fraction of sp³-hybridized carbons (Fsp3) is 0.429. The Kier molecular flexibility index (Phi) is 5.73. The van der Waals surface area contributed by atoms with Crippen LogP contribution in [0, 0.1) is 5.92 Å². The van der Waals surface area contributed by atoms with E-state index in [0.717, 1.165) is 60.1 Å². The van der Waals surface area contributed by atoms with Crippen molar-refractivity contribution in [2.45, 2.75) is 51.5 Å². The van der Waals surface area contributed by atoms with Crippen LogP contribution in [0.5, 0.6) is 11.5 Å². The van der Waals surface area contributed by atoms with Crippen molar-refractivity contribution in [3.8, 4) is 11.5 Å². The summed E-state index contributed by atoms with van der Waals surface area (Å²) in [6.45, 7) is 5.78. The molecule has 5 nitrogen and oxygen atoms in total. The molecule has 2 aromatic carbocycles. The molecule has 2 heterocycles. The average molecular weight is 445 g/mol. The predicted octanol–water partition coefficient (Wildman–Crippen LogP) is 5.84. The van der Waals surface area contributed by atoms with Gasteiger partial charge >= 0.3 is 0 Å². The first kappa shape index (κ1) is 21.7. The molecule has 3 aromatic rings. The molecule has 0 radical (unpaired) electrons. The second kappa shape index (κ2) is 8.69. The van der Waals surface area contributed by atoms with Crippen LogP contribution in [0.4, 0.5) is 5.69 Å². The van der Waals surface area contributed by atoms with Crippen LogP contribution in [-0.2, 0) is 6.42 Å². The number of hydrogen-bond acceptors (Lipinski definition) is 5. The number of hydrogen-bond donors (Lipinski definition) is 0. The lowest BCUT2D eigenvalue weighted by Crippen LogP contribution is -2.49. The topological polar surface area (TPSA) is 51.7 Å². The maximum Gasteiger partial charge on any atom is 0.190 e. The lowest BCUT2D eigenvalue weighted by atomic mass is 9.90. The number of nitrogens with zero attached hydrogens (tertiary/aromatic N) is 2. The Morgan fingerprint density at radius 3 is 2.61 bits per heavy atom. The molecule has 1 fully saturated rings. The highest BCUT2D eigenvalue weighted by Gasteiger charge is 2.52. The highest BCUT2D eigenvalue weighted by atomic mass is 16.5. The molecular formula is C28H32N2O3. The zero-order valence-corrected chi connectivity index (χ0v) is 19.8. The van der Waals surface area contributed by atoms with Crippen molar-refractivity contribution >= 4 is 22.4 Å². The van der Waals surface area contributed by atoms with E-state index in [4.69, 9.17) is 14.5 Å². The first-order valence-electron chi connectivity index (χ1n) is 12.0. The van der Waals surface area contributed by atoms with Gasteiger partial charge in [0.1, 0.15) is 5.54 Å². The van der Waals surface area contributed by atoms with E-state index in [1.165, 1.54) is 0 Å². The van der Waals surface area contributed by atoms with E-state index < -0.39 is 0 Å². The van der Waals surface area contributed by atoms with Gasteiger partial charge in [0.05, 0.1) is 24.9 Å². The van der Waals surface area contributed by atoms with Crippen LogP contribution in [0.15, 0.2) is 48.5 Å². The summed E-state index contributed by atoms with van der Waals surface area (Å²) in [5.74, 6) is 2.02. The van der Waals surface area contributed by atoms with E-state index in [-0.39, 0.29) is 11.3 Å². The number of aromatic nitrogens is 1. The molecule has 1 spiro atoms. The first-order chi connectivity index (χ1) is 16.0. The number of fused-ring (bicyclic) bond motifs is 2. The normalized spacial score (nSPS) is 16.7. The molecule has 0 saturated heterocycles. The zero-order valence-electron chi connectivity index (χ0n) is 19.8. The number of pyridine rings is 1. The molecule has 33 heavy (non-hydrogen) atoms. The monoisotopic (exact) mass is 444 g/mol. The fourth-order valence-electron chi connectivity index (χ4n) is 5.44. The van der Waals surface area contributed by atoms with E-state index in [1.807, 2.05) is 30.3 Å². The minimum absolute atomic E-state index is 0.251. The van der Waals surface area contributed by atoms with Gasteiger partial charge in [-0.3, -0.25) is 9.78 Å². The van der Waals surface area contributed by atoms with Crippen molar-refractivity contribution in [2.75, 3.05) is 25.2 Å². The second-order valence-electron chi connectivity index (χ2n) is 9.69. The number of ketones is 1. The summed E-state index contributed by atoms with van der Waals surface area (Å²) in [5, 5.41) is 1.14. The number of rotatable bonds is 7. The Labute approximate surface area is 195 Å². The van der Waals surface area contributed by atoms with Crippen molar-refractivity contribution in [1.29, 1.82) is 0 Å². The minimum Gasteiger partial charge on any atom is -0.493 e. The van der Waals surface area contributed by atoms with Gasteiger partial charge in [0, 0.05) is 35.7 Å². The van der Waals surface area contributed by atoms with Crippen LogP contribution in [0.25, 0.3) is 10.9 Å². The van der Waals surface area contributed by atoms with Crippen molar-refractivity contribution in [2.24, 2.45) is 5.92 Å². The lowest BCUT2D eigenvalue weighted by Gasteiger charge is -2.37. The number of methoxy groups -OCH3 is 1. The quantitative estimate of drug-likeness (QED) is 0.458. The van der Waals surface area contributed by atoms with Crippen LogP contribution >= 0.6 is 0 Å². The van der Waals surface area contributed by atoms with E-state index in [1.54, 1.807) is 7.11 Å². The molecule has 2 aliphatic rings. The van der Waals surface area contributed by atoms with E-state index in [2.05, 4.69) is 36.9 Å². The molecule has 0 unspecified atom stereocenters. The molecule has 5 heteroatoms. The highest BCUT2D eigenvalue weighted by molar-refractivity contribution is 6.14. The zero-order chi connectivity index (χ0) is 23.0.